The van der Waals surface area contributed by atoms with E-state index in [1.807, 2.05) is 0 Å². The Kier molecular flexibility index (Phi) is 8.09. The second kappa shape index (κ2) is 10.2. The Labute approximate surface area is 178 Å². The number of halogens is 1. The largest absolute Gasteiger partial charge is 0.462 e. The number of rotatable bonds is 8. The summed E-state index contributed by atoms with van der Waals surface area (Å²) in [7, 11) is -4.46. The highest BCUT2D eigenvalue weighted by Gasteiger charge is 2.54. The molecule has 1 aromatic carbocycles. The Balaban J connectivity index is 2.40. The maximum atomic E-state index is 14.6. The zero-order chi connectivity index (χ0) is 23.3. The van der Waals surface area contributed by atoms with E-state index in [1.165, 1.54) is 24.3 Å². The molecule has 1 aliphatic heterocycles. The minimum atomic E-state index is -4.46. The molecule has 10 nitrogen and oxygen atoms in total. The summed E-state index contributed by atoms with van der Waals surface area (Å²) in [5.41, 5.74) is 0.791. The summed E-state index contributed by atoms with van der Waals surface area (Å²) >= 11 is 0. The van der Waals surface area contributed by atoms with Gasteiger partial charge in [-0.25, -0.2) is 4.39 Å². The summed E-state index contributed by atoms with van der Waals surface area (Å²) in [6, 6.07) is 5.63. The van der Waals surface area contributed by atoms with Crippen molar-refractivity contribution in [1.29, 1.82) is 0 Å². The normalized spacial score (nSPS) is 24.3. The molecule has 31 heavy (non-hydrogen) atoms. The van der Waals surface area contributed by atoms with Gasteiger partial charge in [-0.3, -0.25) is 18.6 Å². The Morgan fingerprint density at radius 2 is 1.65 bits per heavy atom. The average molecular weight is 462 g/mol. The van der Waals surface area contributed by atoms with Crippen LogP contribution in [0.4, 0.5) is 4.39 Å². The van der Waals surface area contributed by atoms with E-state index < -0.39 is 65.4 Å². The fraction of sp³-hybridized carbons (Fsp3) is 0.526. The van der Waals surface area contributed by atoms with E-state index in [0.717, 1.165) is 26.3 Å². The molecular formula is C19H23FO10S. The number of esters is 3. The number of alkyl halides is 1. The van der Waals surface area contributed by atoms with Gasteiger partial charge in [0.2, 0.25) is 6.36 Å². The molecule has 0 amide bonds. The predicted octanol–water partition coefficient (Wildman–Crippen LogP) is 1.19. The Morgan fingerprint density at radius 1 is 1.03 bits per heavy atom. The van der Waals surface area contributed by atoms with Crippen LogP contribution >= 0.6 is 0 Å². The van der Waals surface area contributed by atoms with Crippen LogP contribution in [-0.2, 0) is 47.6 Å². The second-order valence-electron chi connectivity index (χ2n) is 6.80. The maximum absolute atomic E-state index is 14.6. The Bertz CT molecular complexity index is 914. The SMILES string of the molecule is CC(=O)OC[C@@H](OC(C)=O)[C@H]1OC(F)[C@H](OC(C)=O)[C@H]1OS(=O)(=O)c1ccc(C)cc1. The highest BCUT2D eigenvalue weighted by atomic mass is 32.2. The van der Waals surface area contributed by atoms with Crippen LogP contribution in [-0.4, -0.2) is 63.7 Å². The minimum absolute atomic E-state index is 0.232. The van der Waals surface area contributed by atoms with Crippen molar-refractivity contribution in [3.05, 3.63) is 29.8 Å². The molecule has 1 fully saturated rings. The lowest BCUT2D eigenvalue weighted by molar-refractivity contribution is -0.173. The molecule has 0 N–H and O–H groups in total. The first kappa shape index (κ1) is 24.7. The summed E-state index contributed by atoms with van der Waals surface area (Å²) in [4.78, 5) is 33.9. The standard InChI is InChI=1S/C19H23FO10S/c1-10-5-7-14(8-6-10)31(24,25)30-17-16(29-19(20)18(17)28-13(4)23)15(27-12(3)22)9-26-11(2)21/h5-8,15-19H,9H2,1-4H3/t15-,16-,17+,18-,19?/m1/s1. The van der Waals surface area contributed by atoms with E-state index in [9.17, 15) is 27.2 Å². The maximum Gasteiger partial charge on any atom is 0.303 e. The number of carbonyl (C=O) groups excluding carboxylic acids is 3. The zero-order valence-corrected chi connectivity index (χ0v) is 18.1. The lowest BCUT2D eigenvalue weighted by Crippen LogP contribution is -2.46. The van der Waals surface area contributed by atoms with Crippen LogP contribution < -0.4 is 0 Å². The van der Waals surface area contributed by atoms with E-state index in [4.69, 9.17) is 23.1 Å². The van der Waals surface area contributed by atoms with Crippen molar-refractivity contribution in [2.45, 2.75) is 63.4 Å². The third kappa shape index (κ3) is 6.71. The van der Waals surface area contributed by atoms with Gasteiger partial charge in [-0.1, -0.05) is 17.7 Å². The van der Waals surface area contributed by atoms with Crippen molar-refractivity contribution in [2.24, 2.45) is 0 Å². The van der Waals surface area contributed by atoms with Crippen molar-refractivity contribution < 1.29 is 50.3 Å². The molecule has 1 aliphatic rings. The molecular weight excluding hydrogens is 439 g/mol. The fourth-order valence-electron chi connectivity index (χ4n) is 2.88. The Morgan fingerprint density at radius 3 is 2.16 bits per heavy atom. The first-order chi connectivity index (χ1) is 14.4. The van der Waals surface area contributed by atoms with Crippen molar-refractivity contribution in [1.82, 2.24) is 0 Å². The summed E-state index contributed by atoms with van der Waals surface area (Å²) in [5, 5.41) is 0. The number of hydrogen-bond donors (Lipinski definition) is 0. The van der Waals surface area contributed by atoms with Crippen LogP contribution in [0.3, 0.4) is 0 Å². The van der Waals surface area contributed by atoms with Crippen LogP contribution in [0.5, 0.6) is 0 Å². The molecule has 1 aromatic rings. The van der Waals surface area contributed by atoms with Crippen molar-refractivity contribution in [2.75, 3.05) is 6.61 Å². The molecule has 0 aliphatic carbocycles. The van der Waals surface area contributed by atoms with Crippen LogP contribution in [0, 0.1) is 6.92 Å². The number of ether oxygens (including phenoxy) is 4. The molecule has 12 heteroatoms. The zero-order valence-electron chi connectivity index (χ0n) is 17.3. The van der Waals surface area contributed by atoms with Gasteiger partial charge in [0.05, 0.1) is 4.90 Å². The monoisotopic (exact) mass is 462 g/mol. The molecule has 0 radical (unpaired) electrons. The number of carbonyl (C=O) groups is 3. The van der Waals surface area contributed by atoms with Crippen LogP contribution in [0.1, 0.15) is 26.3 Å². The number of benzene rings is 1. The fourth-order valence-corrected chi connectivity index (χ4v) is 3.97. The highest BCUT2D eigenvalue weighted by Crippen LogP contribution is 2.33. The van der Waals surface area contributed by atoms with Gasteiger partial charge in [0.1, 0.15) is 18.8 Å². The van der Waals surface area contributed by atoms with Gasteiger partial charge >= 0.3 is 17.9 Å². The van der Waals surface area contributed by atoms with Crippen LogP contribution in [0.2, 0.25) is 0 Å². The van der Waals surface area contributed by atoms with Crippen molar-refractivity contribution in [3.63, 3.8) is 0 Å². The first-order valence-corrected chi connectivity index (χ1v) is 10.6. The van der Waals surface area contributed by atoms with Gasteiger partial charge in [-0.15, -0.1) is 0 Å². The highest BCUT2D eigenvalue weighted by molar-refractivity contribution is 7.86. The minimum Gasteiger partial charge on any atom is -0.462 e. The van der Waals surface area contributed by atoms with Crippen LogP contribution in [0.25, 0.3) is 0 Å². The van der Waals surface area contributed by atoms with Crippen molar-refractivity contribution in [3.8, 4) is 0 Å². The van der Waals surface area contributed by atoms with E-state index in [2.05, 4.69) is 0 Å². The molecule has 0 spiro atoms. The second-order valence-corrected chi connectivity index (χ2v) is 8.38. The molecule has 0 bridgehead atoms. The molecule has 1 saturated heterocycles. The quantitative estimate of drug-likeness (QED) is 0.315. The van der Waals surface area contributed by atoms with Gasteiger partial charge in [0.25, 0.3) is 10.1 Å². The van der Waals surface area contributed by atoms with Gasteiger partial charge in [-0.05, 0) is 19.1 Å². The molecule has 1 unspecified atom stereocenters. The molecule has 0 aromatic heterocycles. The van der Waals surface area contributed by atoms with E-state index in [-0.39, 0.29) is 4.90 Å². The van der Waals surface area contributed by atoms with E-state index in [1.54, 1.807) is 6.92 Å². The van der Waals surface area contributed by atoms with Gasteiger partial charge < -0.3 is 18.9 Å². The van der Waals surface area contributed by atoms with Crippen LogP contribution in [0.15, 0.2) is 29.2 Å². The molecule has 172 valence electrons. The Hall–Kier alpha value is -2.57. The lowest BCUT2D eigenvalue weighted by Gasteiger charge is -2.27. The van der Waals surface area contributed by atoms with Crippen molar-refractivity contribution >= 4 is 28.0 Å². The lowest BCUT2D eigenvalue weighted by atomic mass is 10.1. The van der Waals surface area contributed by atoms with Gasteiger partial charge in [-0.2, -0.15) is 8.42 Å². The van der Waals surface area contributed by atoms with Gasteiger partial charge in [0.15, 0.2) is 12.2 Å². The van der Waals surface area contributed by atoms with E-state index in [0.29, 0.717) is 0 Å². The molecule has 0 saturated carbocycles. The summed E-state index contributed by atoms with van der Waals surface area (Å²) < 4.78 is 65.1. The number of aryl methyl sites for hydroxylation is 1. The average Bonchev–Trinajstić information content (AvgIpc) is 2.93. The first-order valence-electron chi connectivity index (χ1n) is 9.18. The summed E-state index contributed by atoms with van der Waals surface area (Å²) in [5.74, 6) is -2.47. The molecule has 2 rings (SSSR count). The topological polar surface area (TPSA) is 132 Å². The summed E-state index contributed by atoms with van der Waals surface area (Å²) in [6.45, 7) is 4.32. The third-order valence-electron chi connectivity index (χ3n) is 4.18. The van der Waals surface area contributed by atoms with Gasteiger partial charge in [0, 0.05) is 20.8 Å². The third-order valence-corrected chi connectivity index (χ3v) is 5.50. The molecule has 1 heterocycles. The predicted molar refractivity (Wildman–Crippen MR) is 101 cm³/mol. The summed E-state index contributed by atoms with van der Waals surface area (Å²) in [6.07, 6.45) is -8.80. The smallest absolute Gasteiger partial charge is 0.303 e. The molecule has 5 atom stereocenters. The number of hydrogen-bond acceptors (Lipinski definition) is 10. The van der Waals surface area contributed by atoms with E-state index >= 15 is 0 Å².